The number of hydrogen-bond donors (Lipinski definition) is 2. The molecule has 0 bridgehead atoms. The number of sulfonamides is 1. The molecule has 9 heteroatoms. The van der Waals surface area contributed by atoms with Crippen molar-refractivity contribution in [2.24, 2.45) is 0 Å². The zero-order valence-corrected chi connectivity index (χ0v) is 19.4. The molecule has 0 aliphatic carbocycles. The number of anilines is 2. The zero-order chi connectivity index (χ0) is 23.4. The second-order valence-electron chi connectivity index (χ2n) is 7.84. The molecule has 0 saturated carbocycles. The summed E-state index contributed by atoms with van der Waals surface area (Å²) in [6.07, 6.45) is 3.24. The topological polar surface area (TPSA) is 105 Å². The van der Waals surface area contributed by atoms with E-state index in [0.717, 1.165) is 30.2 Å². The maximum Gasteiger partial charge on any atom is 0.313 e. The molecular formula is C23H29N3O5S. The molecule has 2 aromatic carbocycles. The SMILES string of the molecule is CCC(CNC(=O)C(=O)Nc1ccc2c(c1)N(S(C)(=O)=O)CCC2)(OC)c1ccccc1. The molecule has 1 aliphatic rings. The molecule has 2 amide bonds. The molecule has 8 nitrogen and oxygen atoms in total. The second-order valence-corrected chi connectivity index (χ2v) is 9.74. The van der Waals surface area contributed by atoms with Crippen LogP contribution < -0.4 is 14.9 Å². The van der Waals surface area contributed by atoms with Crippen molar-refractivity contribution in [2.75, 3.05) is 36.1 Å². The van der Waals surface area contributed by atoms with Gasteiger partial charge in [-0.05, 0) is 42.5 Å². The Kier molecular flexibility index (Phi) is 7.20. The zero-order valence-electron chi connectivity index (χ0n) is 18.6. The van der Waals surface area contributed by atoms with Crippen LogP contribution in [0.1, 0.15) is 30.9 Å². The number of hydrogen-bond acceptors (Lipinski definition) is 5. The van der Waals surface area contributed by atoms with Gasteiger partial charge in [0.25, 0.3) is 0 Å². The Morgan fingerprint density at radius 2 is 1.84 bits per heavy atom. The highest BCUT2D eigenvalue weighted by molar-refractivity contribution is 7.92. The molecule has 1 atom stereocenters. The van der Waals surface area contributed by atoms with Crippen LogP contribution in [0.5, 0.6) is 0 Å². The normalized spacial score (nSPS) is 15.4. The first-order valence-electron chi connectivity index (χ1n) is 10.5. The van der Waals surface area contributed by atoms with Gasteiger partial charge in [-0.2, -0.15) is 0 Å². The van der Waals surface area contributed by atoms with E-state index in [9.17, 15) is 18.0 Å². The molecule has 0 saturated heterocycles. The summed E-state index contributed by atoms with van der Waals surface area (Å²) in [5, 5.41) is 5.22. The van der Waals surface area contributed by atoms with Crippen molar-refractivity contribution in [1.29, 1.82) is 0 Å². The summed E-state index contributed by atoms with van der Waals surface area (Å²) in [6.45, 7) is 2.46. The number of carbonyl (C=O) groups excluding carboxylic acids is 2. The minimum atomic E-state index is -3.43. The first kappa shape index (κ1) is 23.7. The van der Waals surface area contributed by atoms with Crippen LogP contribution in [0.4, 0.5) is 11.4 Å². The average Bonchev–Trinajstić information content (AvgIpc) is 2.79. The lowest BCUT2D eigenvalue weighted by Crippen LogP contribution is -2.45. The number of aryl methyl sites for hydroxylation is 1. The fourth-order valence-corrected chi connectivity index (χ4v) is 4.95. The fourth-order valence-electron chi connectivity index (χ4n) is 3.96. The van der Waals surface area contributed by atoms with Gasteiger partial charge in [-0.1, -0.05) is 43.3 Å². The fraction of sp³-hybridized carbons (Fsp3) is 0.391. The summed E-state index contributed by atoms with van der Waals surface area (Å²) in [4.78, 5) is 25.0. The Morgan fingerprint density at radius 1 is 1.12 bits per heavy atom. The largest absolute Gasteiger partial charge is 0.372 e. The molecule has 0 spiro atoms. The van der Waals surface area contributed by atoms with Gasteiger partial charge >= 0.3 is 11.8 Å². The van der Waals surface area contributed by atoms with Crippen LogP contribution in [0.15, 0.2) is 48.5 Å². The molecule has 172 valence electrons. The summed E-state index contributed by atoms with van der Waals surface area (Å²) >= 11 is 0. The minimum Gasteiger partial charge on any atom is -0.372 e. The van der Waals surface area contributed by atoms with Crippen molar-refractivity contribution >= 4 is 33.2 Å². The van der Waals surface area contributed by atoms with Crippen LogP contribution in [-0.4, -0.2) is 46.7 Å². The number of nitrogens with one attached hydrogen (secondary N) is 2. The molecule has 1 aliphatic heterocycles. The predicted molar refractivity (Wildman–Crippen MR) is 124 cm³/mol. The number of amides is 2. The molecule has 1 unspecified atom stereocenters. The quantitative estimate of drug-likeness (QED) is 0.619. The van der Waals surface area contributed by atoms with E-state index in [1.54, 1.807) is 25.3 Å². The third-order valence-corrected chi connectivity index (χ3v) is 7.00. The molecular weight excluding hydrogens is 430 g/mol. The second kappa shape index (κ2) is 9.70. The third kappa shape index (κ3) is 5.11. The van der Waals surface area contributed by atoms with Crippen LogP contribution in [0, 0.1) is 0 Å². The Hall–Kier alpha value is -2.91. The Labute approximate surface area is 189 Å². The number of benzene rings is 2. The third-order valence-electron chi connectivity index (χ3n) is 5.82. The summed E-state index contributed by atoms with van der Waals surface area (Å²) in [5.74, 6) is -1.63. The monoisotopic (exact) mass is 459 g/mol. The lowest BCUT2D eigenvalue weighted by atomic mass is 9.90. The van der Waals surface area contributed by atoms with Crippen LogP contribution in [0.2, 0.25) is 0 Å². The number of nitrogens with zero attached hydrogens (tertiary/aromatic N) is 1. The van der Waals surface area contributed by atoms with Crippen LogP contribution in [0.25, 0.3) is 0 Å². The number of rotatable bonds is 7. The van der Waals surface area contributed by atoms with Gasteiger partial charge in [0.2, 0.25) is 10.0 Å². The maximum absolute atomic E-state index is 12.5. The molecule has 0 fully saturated rings. The highest BCUT2D eigenvalue weighted by Gasteiger charge is 2.31. The molecule has 3 rings (SSSR count). The van der Waals surface area contributed by atoms with Crippen LogP contribution >= 0.6 is 0 Å². The van der Waals surface area contributed by atoms with E-state index >= 15 is 0 Å². The molecule has 0 radical (unpaired) electrons. The average molecular weight is 460 g/mol. The Bertz CT molecular complexity index is 1080. The van der Waals surface area contributed by atoms with Gasteiger partial charge in [0.15, 0.2) is 0 Å². The van der Waals surface area contributed by atoms with Crippen LogP contribution in [0.3, 0.4) is 0 Å². The molecule has 32 heavy (non-hydrogen) atoms. The lowest BCUT2D eigenvalue weighted by molar-refractivity contribution is -0.137. The van der Waals surface area contributed by atoms with E-state index < -0.39 is 27.4 Å². The van der Waals surface area contributed by atoms with E-state index in [2.05, 4.69) is 10.6 Å². The highest BCUT2D eigenvalue weighted by atomic mass is 32.2. The van der Waals surface area contributed by atoms with Gasteiger partial charge in [-0.25, -0.2) is 8.42 Å². The van der Waals surface area contributed by atoms with E-state index in [4.69, 9.17) is 4.74 Å². The summed E-state index contributed by atoms with van der Waals surface area (Å²) in [6, 6.07) is 14.6. The van der Waals surface area contributed by atoms with Crippen LogP contribution in [-0.2, 0) is 36.4 Å². The van der Waals surface area contributed by atoms with E-state index in [1.165, 1.54) is 4.31 Å². The summed E-state index contributed by atoms with van der Waals surface area (Å²) < 4.78 is 31.3. The van der Waals surface area contributed by atoms with Gasteiger partial charge in [0, 0.05) is 19.3 Å². The maximum atomic E-state index is 12.5. The van der Waals surface area contributed by atoms with E-state index in [-0.39, 0.29) is 6.54 Å². The summed E-state index contributed by atoms with van der Waals surface area (Å²) in [7, 11) is -1.86. The minimum absolute atomic E-state index is 0.127. The van der Waals surface area contributed by atoms with Gasteiger partial charge in [0.1, 0.15) is 5.60 Å². The first-order chi connectivity index (χ1) is 15.2. The Balaban J connectivity index is 1.70. The van der Waals surface area contributed by atoms with Crippen molar-refractivity contribution in [1.82, 2.24) is 5.32 Å². The van der Waals surface area contributed by atoms with Crippen molar-refractivity contribution < 1.29 is 22.7 Å². The van der Waals surface area contributed by atoms with E-state index in [1.807, 2.05) is 37.3 Å². The number of carbonyl (C=O) groups is 2. The molecule has 2 aromatic rings. The van der Waals surface area contributed by atoms with Gasteiger partial charge in [0.05, 0.1) is 18.5 Å². The van der Waals surface area contributed by atoms with Crippen molar-refractivity contribution in [3.8, 4) is 0 Å². The molecule has 1 heterocycles. The Morgan fingerprint density at radius 3 is 2.47 bits per heavy atom. The molecule has 0 aromatic heterocycles. The number of ether oxygens (including phenoxy) is 1. The standard InChI is InChI=1S/C23H29N3O5S/c1-4-23(31-2,18-10-6-5-7-11-18)16-24-21(27)22(28)25-19-13-12-17-9-8-14-26(20(17)15-19)32(3,29)30/h5-7,10-13,15H,4,8-9,14,16H2,1-3H3,(H,24,27)(H,25,28). The van der Waals surface area contributed by atoms with E-state index in [0.29, 0.717) is 24.3 Å². The smallest absolute Gasteiger partial charge is 0.313 e. The van der Waals surface area contributed by atoms with Crippen molar-refractivity contribution in [3.63, 3.8) is 0 Å². The first-order valence-corrected chi connectivity index (χ1v) is 12.4. The molecule has 2 N–H and O–H groups in total. The van der Waals surface area contributed by atoms with Gasteiger partial charge in [-0.15, -0.1) is 0 Å². The number of fused-ring (bicyclic) bond motifs is 1. The highest BCUT2D eigenvalue weighted by Crippen LogP contribution is 2.32. The summed E-state index contributed by atoms with van der Waals surface area (Å²) in [5.41, 5.74) is 1.93. The predicted octanol–water partition coefficient (Wildman–Crippen LogP) is 2.41. The van der Waals surface area contributed by atoms with Gasteiger partial charge in [-0.3, -0.25) is 13.9 Å². The lowest BCUT2D eigenvalue weighted by Gasteiger charge is -2.32. The van der Waals surface area contributed by atoms with Gasteiger partial charge < -0.3 is 15.4 Å². The van der Waals surface area contributed by atoms with Crippen molar-refractivity contribution in [3.05, 3.63) is 59.7 Å². The van der Waals surface area contributed by atoms with Crippen molar-refractivity contribution in [2.45, 2.75) is 31.8 Å². The number of methoxy groups -OCH3 is 1.